The fourth-order valence-electron chi connectivity index (χ4n) is 2.75. The number of aromatic nitrogens is 2. The van der Waals surface area contributed by atoms with Crippen LogP contribution in [-0.4, -0.2) is 22.4 Å². The average Bonchev–Trinajstić information content (AvgIpc) is 3.16. The third-order valence-electron chi connectivity index (χ3n) is 4.29. The number of carbonyl (C=O) groups is 1. The molecule has 0 bridgehead atoms. The standard InChI is InChI=1S/C21H24N4OS/c1-3-5-16-7-9-17(10-8-16)19-14-27-21(24-19)25-20(26)13-23-15(2)18-6-4-11-22-12-18/h4,6-12,14-15,23H,3,5,13H2,1-2H3,(H,24,25,26). The van der Waals surface area contributed by atoms with Gasteiger partial charge in [0.25, 0.3) is 0 Å². The molecule has 3 aromatic rings. The molecule has 0 radical (unpaired) electrons. The van der Waals surface area contributed by atoms with Crippen LogP contribution < -0.4 is 10.6 Å². The van der Waals surface area contributed by atoms with Gasteiger partial charge in [0.05, 0.1) is 12.2 Å². The largest absolute Gasteiger partial charge is 0.302 e. The van der Waals surface area contributed by atoms with Crippen molar-refractivity contribution in [3.63, 3.8) is 0 Å². The molecule has 3 rings (SSSR count). The van der Waals surface area contributed by atoms with Gasteiger partial charge < -0.3 is 10.6 Å². The molecule has 0 aliphatic heterocycles. The number of hydrogen-bond donors (Lipinski definition) is 2. The predicted octanol–water partition coefficient (Wildman–Crippen LogP) is 4.45. The highest BCUT2D eigenvalue weighted by Crippen LogP contribution is 2.25. The van der Waals surface area contributed by atoms with Gasteiger partial charge in [-0.2, -0.15) is 0 Å². The molecule has 140 valence electrons. The molecule has 0 aliphatic rings. The van der Waals surface area contributed by atoms with Crippen LogP contribution in [-0.2, 0) is 11.2 Å². The smallest absolute Gasteiger partial charge is 0.240 e. The minimum atomic E-state index is -0.107. The summed E-state index contributed by atoms with van der Waals surface area (Å²) in [5.41, 5.74) is 4.33. The highest BCUT2D eigenvalue weighted by Gasteiger charge is 2.10. The van der Waals surface area contributed by atoms with Crippen LogP contribution in [0.3, 0.4) is 0 Å². The Balaban J connectivity index is 1.53. The summed E-state index contributed by atoms with van der Waals surface area (Å²) >= 11 is 1.44. The van der Waals surface area contributed by atoms with Crippen molar-refractivity contribution in [2.24, 2.45) is 0 Å². The van der Waals surface area contributed by atoms with Gasteiger partial charge in [0.15, 0.2) is 5.13 Å². The number of anilines is 1. The molecule has 1 unspecified atom stereocenters. The fraction of sp³-hybridized carbons (Fsp3) is 0.286. The Kier molecular flexibility index (Phi) is 6.68. The van der Waals surface area contributed by atoms with E-state index in [1.807, 2.05) is 24.4 Å². The maximum absolute atomic E-state index is 12.2. The second-order valence-corrected chi connectivity index (χ2v) is 7.28. The van der Waals surface area contributed by atoms with E-state index in [1.165, 1.54) is 16.9 Å². The maximum Gasteiger partial charge on any atom is 0.240 e. The number of pyridine rings is 1. The number of aryl methyl sites for hydroxylation is 1. The number of amides is 1. The number of hydrogen-bond acceptors (Lipinski definition) is 5. The zero-order chi connectivity index (χ0) is 19.1. The van der Waals surface area contributed by atoms with Gasteiger partial charge in [-0.05, 0) is 30.5 Å². The Bertz CT molecular complexity index is 861. The van der Waals surface area contributed by atoms with Crippen molar-refractivity contribution in [1.82, 2.24) is 15.3 Å². The summed E-state index contributed by atoms with van der Waals surface area (Å²) in [7, 11) is 0. The molecule has 5 nitrogen and oxygen atoms in total. The molecule has 2 aromatic heterocycles. The molecule has 0 aliphatic carbocycles. The molecule has 0 saturated carbocycles. The van der Waals surface area contributed by atoms with E-state index in [-0.39, 0.29) is 18.5 Å². The number of benzene rings is 1. The van der Waals surface area contributed by atoms with Crippen LogP contribution >= 0.6 is 11.3 Å². The molecule has 6 heteroatoms. The van der Waals surface area contributed by atoms with Gasteiger partial charge in [0, 0.05) is 29.4 Å². The minimum Gasteiger partial charge on any atom is -0.302 e. The molecule has 0 fully saturated rings. The topological polar surface area (TPSA) is 66.9 Å². The van der Waals surface area contributed by atoms with Crippen LogP contribution in [0.4, 0.5) is 5.13 Å². The van der Waals surface area contributed by atoms with E-state index in [0.29, 0.717) is 5.13 Å². The van der Waals surface area contributed by atoms with Gasteiger partial charge in [0.2, 0.25) is 5.91 Å². The summed E-state index contributed by atoms with van der Waals surface area (Å²) in [4.78, 5) is 20.8. The van der Waals surface area contributed by atoms with E-state index in [4.69, 9.17) is 0 Å². The van der Waals surface area contributed by atoms with Crippen LogP contribution in [0.2, 0.25) is 0 Å². The first-order valence-corrected chi connectivity index (χ1v) is 10.0. The highest BCUT2D eigenvalue weighted by molar-refractivity contribution is 7.14. The van der Waals surface area contributed by atoms with Crippen molar-refractivity contribution in [2.75, 3.05) is 11.9 Å². The van der Waals surface area contributed by atoms with Crippen molar-refractivity contribution in [3.05, 3.63) is 65.3 Å². The Hall–Kier alpha value is -2.57. The van der Waals surface area contributed by atoms with Crippen LogP contribution in [0.1, 0.15) is 37.4 Å². The molecule has 2 N–H and O–H groups in total. The van der Waals surface area contributed by atoms with Crippen LogP contribution in [0.15, 0.2) is 54.2 Å². The third kappa shape index (κ3) is 5.45. The molecule has 27 heavy (non-hydrogen) atoms. The minimum absolute atomic E-state index is 0.0536. The summed E-state index contributed by atoms with van der Waals surface area (Å²) in [5.74, 6) is -0.107. The summed E-state index contributed by atoms with van der Waals surface area (Å²) in [6, 6.07) is 12.4. The third-order valence-corrected chi connectivity index (χ3v) is 5.05. The second kappa shape index (κ2) is 9.39. The van der Waals surface area contributed by atoms with Crippen molar-refractivity contribution in [2.45, 2.75) is 32.7 Å². The Morgan fingerprint density at radius 1 is 1.22 bits per heavy atom. The first kappa shape index (κ1) is 19.2. The SMILES string of the molecule is CCCc1ccc(-c2csc(NC(=O)CNC(C)c3cccnc3)n2)cc1. The normalized spacial score (nSPS) is 11.9. The van der Waals surface area contributed by atoms with E-state index in [9.17, 15) is 4.79 Å². The zero-order valence-corrected chi connectivity index (χ0v) is 16.4. The van der Waals surface area contributed by atoms with E-state index < -0.39 is 0 Å². The van der Waals surface area contributed by atoms with Crippen LogP contribution in [0, 0.1) is 0 Å². The molecule has 1 aromatic carbocycles. The summed E-state index contributed by atoms with van der Waals surface area (Å²) in [6.45, 7) is 4.40. The number of thiazole rings is 1. The van der Waals surface area contributed by atoms with Crippen molar-refractivity contribution < 1.29 is 4.79 Å². The molecule has 1 atom stereocenters. The highest BCUT2D eigenvalue weighted by atomic mass is 32.1. The van der Waals surface area contributed by atoms with Crippen LogP contribution in [0.25, 0.3) is 11.3 Å². The number of carbonyl (C=O) groups excluding carboxylic acids is 1. The van der Waals surface area contributed by atoms with Gasteiger partial charge in [-0.25, -0.2) is 4.98 Å². The van der Waals surface area contributed by atoms with Crippen molar-refractivity contribution >= 4 is 22.4 Å². The lowest BCUT2D eigenvalue weighted by molar-refractivity contribution is -0.115. The fourth-order valence-corrected chi connectivity index (χ4v) is 3.49. The quantitative estimate of drug-likeness (QED) is 0.606. The van der Waals surface area contributed by atoms with E-state index in [1.54, 1.807) is 12.4 Å². The molecule has 0 saturated heterocycles. The van der Waals surface area contributed by atoms with E-state index in [0.717, 1.165) is 29.7 Å². The Morgan fingerprint density at radius 3 is 2.74 bits per heavy atom. The zero-order valence-electron chi connectivity index (χ0n) is 15.6. The lowest BCUT2D eigenvalue weighted by Gasteiger charge is -2.13. The number of nitrogens with one attached hydrogen (secondary N) is 2. The van der Waals surface area contributed by atoms with Crippen LogP contribution in [0.5, 0.6) is 0 Å². The average molecular weight is 381 g/mol. The van der Waals surface area contributed by atoms with Gasteiger partial charge in [-0.1, -0.05) is 43.7 Å². The number of nitrogens with zero attached hydrogens (tertiary/aromatic N) is 2. The van der Waals surface area contributed by atoms with E-state index >= 15 is 0 Å². The summed E-state index contributed by atoms with van der Waals surface area (Å²) in [6.07, 6.45) is 5.76. The lowest BCUT2D eigenvalue weighted by atomic mass is 10.1. The van der Waals surface area contributed by atoms with Gasteiger partial charge in [-0.15, -0.1) is 11.3 Å². The lowest BCUT2D eigenvalue weighted by Crippen LogP contribution is -2.30. The maximum atomic E-state index is 12.2. The first-order chi connectivity index (χ1) is 13.2. The first-order valence-electron chi connectivity index (χ1n) is 9.13. The molecule has 0 spiro atoms. The van der Waals surface area contributed by atoms with Crippen molar-refractivity contribution in [1.29, 1.82) is 0 Å². The van der Waals surface area contributed by atoms with Gasteiger partial charge in [-0.3, -0.25) is 9.78 Å². The summed E-state index contributed by atoms with van der Waals surface area (Å²) in [5, 5.41) is 8.64. The molecular weight excluding hydrogens is 356 g/mol. The Morgan fingerprint density at radius 2 is 2.04 bits per heavy atom. The molecule has 2 heterocycles. The monoisotopic (exact) mass is 380 g/mol. The second-order valence-electron chi connectivity index (χ2n) is 6.42. The summed E-state index contributed by atoms with van der Waals surface area (Å²) < 4.78 is 0. The van der Waals surface area contributed by atoms with Crippen molar-refractivity contribution in [3.8, 4) is 11.3 Å². The Labute approximate surface area is 163 Å². The predicted molar refractivity (Wildman–Crippen MR) is 111 cm³/mol. The number of rotatable bonds is 8. The molecule has 1 amide bonds. The molecular formula is C21H24N4OS. The van der Waals surface area contributed by atoms with Gasteiger partial charge >= 0.3 is 0 Å². The van der Waals surface area contributed by atoms with E-state index in [2.05, 4.69) is 51.8 Å². The van der Waals surface area contributed by atoms with Gasteiger partial charge in [0.1, 0.15) is 0 Å².